The average Bonchev–Trinajstić information content (AvgIpc) is 2.57. The predicted molar refractivity (Wildman–Crippen MR) is 102 cm³/mol. The summed E-state index contributed by atoms with van der Waals surface area (Å²) in [7, 11) is 0. The standard InChI is InChI=1S/C19H19Cl2NO4/c1-2-3-4-17(23)22-13-5-7-14(8-6-13)26-19-15(20)9-12(10-16(19)21)11-18(24)25/h5-10H,2-4,11H2,1H3,(H,22,23)(H,24,25). The Labute approximate surface area is 161 Å². The summed E-state index contributed by atoms with van der Waals surface area (Å²) in [5.74, 6) is -0.253. The second-order valence-electron chi connectivity index (χ2n) is 5.74. The molecule has 0 aliphatic heterocycles. The van der Waals surface area contributed by atoms with E-state index in [4.69, 9.17) is 33.0 Å². The van der Waals surface area contributed by atoms with E-state index in [1.54, 1.807) is 24.3 Å². The van der Waals surface area contributed by atoms with Gasteiger partial charge >= 0.3 is 5.97 Å². The quantitative estimate of drug-likeness (QED) is 0.614. The molecule has 0 aliphatic carbocycles. The van der Waals surface area contributed by atoms with Crippen molar-refractivity contribution in [2.75, 3.05) is 5.32 Å². The fraction of sp³-hybridized carbons (Fsp3) is 0.263. The lowest BCUT2D eigenvalue weighted by molar-refractivity contribution is -0.136. The topological polar surface area (TPSA) is 75.6 Å². The first-order valence-corrected chi connectivity index (χ1v) is 8.92. The number of anilines is 1. The molecule has 2 aromatic rings. The van der Waals surface area contributed by atoms with Gasteiger partial charge in [0.15, 0.2) is 5.75 Å². The molecule has 0 aliphatic rings. The summed E-state index contributed by atoms with van der Waals surface area (Å²) in [4.78, 5) is 22.5. The summed E-state index contributed by atoms with van der Waals surface area (Å²) in [6.45, 7) is 2.03. The minimum atomic E-state index is -0.970. The second kappa shape index (κ2) is 9.46. The van der Waals surface area contributed by atoms with Crippen LogP contribution in [-0.2, 0) is 16.0 Å². The lowest BCUT2D eigenvalue weighted by atomic mass is 10.1. The van der Waals surface area contributed by atoms with E-state index in [9.17, 15) is 9.59 Å². The van der Waals surface area contributed by atoms with Gasteiger partial charge in [0.05, 0.1) is 16.5 Å². The number of carbonyl (C=O) groups is 2. The predicted octanol–water partition coefficient (Wildman–Crippen LogP) is 5.54. The number of aliphatic carboxylic acids is 1. The molecule has 2 rings (SSSR count). The zero-order chi connectivity index (χ0) is 19.1. The fourth-order valence-corrected chi connectivity index (χ4v) is 2.88. The Morgan fingerprint density at radius 1 is 1.12 bits per heavy atom. The zero-order valence-electron chi connectivity index (χ0n) is 14.2. The van der Waals surface area contributed by atoms with Crippen molar-refractivity contribution in [2.24, 2.45) is 0 Å². The van der Waals surface area contributed by atoms with Crippen molar-refractivity contribution >= 4 is 40.8 Å². The van der Waals surface area contributed by atoms with Crippen molar-refractivity contribution in [1.29, 1.82) is 0 Å². The molecule has 0 atom stereocenters. The number of amides is 1. The van der Waals surface area contributed by atoms with Gasteiger partial charge < -0.3 is 15.2 Å². The van der Waals surface area contributed by atoms with E-state index >= 15 is 0 Å². The molecule has 2 aromatic carbocycles. The number of benzene rings is 2. The number of carboxylic acids is 1. The number of unbranched alkanes of at least 4 members (excludes halogenated alkanes) is 1. The van der Waals surface area contributed by atoms with Crippen LogP contribution in [0.15, 0.2) is 36.4 Å². The van der Waals surface area contributed by atoms with Crippen LogP contribution in [0.25, 0.3) is 0 Å². The number of halogens is 2. The minimum absolute atomic E-state index is 0.0272. The maximum absolute atomic E-state index is 11.7. The van der Waals surface area contributed by atoms with E-state index in [0.29, 0.717) is 23.4 Å². The van der Waals surface area contributed by atoms with E-state index in [2.05, 4.69) is 5.32 Å². The highest BCUT2D eigenvalue weighted by atomic mass is 35.5. The monoisotopic (exact) mass is 395 g/mol. The smallest absolute Gasteiger partial charge is 0.307 e. The van der Waals surface area contributed by atoms with Crippen LogP contribution in [0.5, 0.6) is 11.5 Å². The molecular formula is C19H19Cl2NO4. The molecule has 0 heterocycles. The van der Waals surface area contributed by atoms with Crippen LogP contribution in [0.1, 0.15) is 31.7 Å². The zero-order valence-corrected chi connectivity index (χ0v) is 15.7. The second-order valence-corrected chi connectivity index (χ2v) is 6.55. The highest BCUT2D eigenvalue weighted by molar-refractivity contribution is 6.37. The third-order valence-electron chi connectivity index (χ3n) is 3.53. The van der Waals surface area contributed by atoms with Gasteiger partial charge in [0.25, 0.3) is 0 Å². The molecule has 0 aromatic heterocycles. The van der Waals surface area contributed by atoms with Crippen LogP contribution in [-0.4, -0.2) is 17.0 Å². The molecule has 1 amide bonds. The van der Waals surface area contributed by atoms with Gasteiger partial charge in [-0.3, -0.25) is 9.59 Å². The van der Waals surface area contributed by atoms with Crippen LogP contribution >= 0.6 is 23.2 Å². The molecule has 0 bridgehead atoms. The van der Waals surface area contributed by atoms with Crippen LogP contribution in [0, 0.1) is 0 Å². The van der Waals surface area contributed by atoms with Gasteiger partial charge in [0, 0.05) is 12.1 Å². The Kier molecular flexibility index (Phi) is 7.30. The average molecular weight is 396 g/mol. The first-order valence-electron chi connectivity index (χ1n) is 8.16. The first-order chi connectivity index (χ1) is 12.4. The normalized spacial score (nSPS) is 10.4. The molecule has 5 nitrogen and oxygen atoms in total. The van der Waals surface area contributed by atoms with Crippen LogP contribution in [0.2, 0.25) is 10.0 Å². The molecule has 0 unspecified atom stereocenters. The number of hydrogen-bond donors (Lipinski definition) is 2. The third-order valence-corrected chi connectivity index (χ3v) is 4.09. The van der Waals surface area contributed by atoms with Gasteiger partial charge in [-0.05, 0) is 48.4 Å². The molecule has 0 spiro atoms. The summed E-state index contributed by atoms with van der Waals surface area (Å²) in [6, 6.07) is 9.85. The Morgan fingerprint density at radius 2 is 1.73 bits per heavy atom. The number of carbonyl (C=O) groups excluding carboxylic acids is 1. The van der Waals surface area contributed by atoms with E-state index in [1.165, 1.54) is 12.1 Å². The minimum Gasteiger partial charge on any atom is -0.481 e. The maximum Gasteiger partial charge on any atom is 0.307 e. The van der Waals surface area contributed by atoms with Crippen LogP contribution < -0.4 is 10.1 Å². The van der Waals surface area contributed by atoms with Gasteiger partial charge in [-0.25, -0.2) is 0 Å². The largest absolute Gasteiger partial charge is 0.481 e. The summed E-state index contributed by atoms with van der Waals surface area (Å²) >= 11 is 12.3. The summed E-state index contributed by atoms with van der Waals surface area (Å²) < 4.78 is 5.70. The SMILES string of the molecule is CCCCC(=O)Nc1ccc(Oc2c(Cl)cc(CC(=O)O)cc2Cl)cc1. The molecule has 2 N–H and O–H groups in total. The lowest BCUT2D eigenvalue weighted by Gasteiger charge is -2.12. The molecular weight excluding hydrogens is 377 g/mol. The highest BCUT2D eigenvalue weighted by Crippen LogP contribution is 2.37. The summed E-state index contributed by atoms with van der Waals surface area (Å²) in [5.41, 5.74) is 1.16. The number of ether oxygens (including phenoxy) is 1. The molecule has 0 saturated carbocycles. The van der Waals surface area contributed by atoms with Crippen molar-refractivity contribution in [3.8, 4) is 11.5 Å². The Bertz CT molecular complexity index is 768. The molecule has 26 heavy (non-hydrogen) atoms. The van der Waals surface area contributed by atoms with Gasteiger partial charge in [-0.1, -0.05) is 36.5 Å². The van der Waals surface area contributed by atoms with E-state index < -0.39 is 5.97 Å². The highest BCUT2D eigenvalue weighted by Gasteiger charge is 2.13. The van der Waals surface area contributed by atoms with E-state index in [0.717, 1.165) is 12.8 Å². The van der Waals surface area contributed by atoms with E-state index in [1.807, 2.05) is 6.92 Å². The Morgan fingerprint density at radius 3 is 2.27 bits per heavy atom. The van der Waals surface area contributed by atoms with Gasteiger partial charge in [-0.2, -0.15) is 0 Å². The van der Waals surface area contributed by atoms with Crippen molar-refractivity contribution in [1.82, 2.24) is 0 Å². The molecule has 7 heteroatoms. The van der Waals surface area contributed by atoms with Crippen molar-refractivity contribution in [3.05, 3.63) is 52.0 Å². The summed E-state index contributed by atoms with van der Waals surface area (Å²) in [5, 5.41) is 12.1. The molecule has 0 saturated heterocycles. The number of carboxylic acid groups (broad SMARTS) is 1. The number of nitrogens with one attached hydrogen (secondary N) is 1. The van der Waals surface area contributed by atoms with Crippen molar-refractivity contribution in [2.45, 2.75) is 32.6 Å². The fourth-order valence-electron chi connectivity index (χ4n) is 2.27. The van der Waals surface area contributed by atoms with Gasteiger partial charge in [0.1, 0.15) is 5.75 Å². The van der Waals surface area contributed by atoms with Crippen LogP contribution in [0.4, 0.5) is 5.69 Å². The number of rotatable bonds is 8. The van der Waals surface area contributed by atoms with Gasteiger partial charge in [0.2, 0.25) is 5.91 Å². The summed E-state index contributed by atoms with van der Waals surface area (Å²) in [6.07, 6.45) is 2.13. The Balaban J connectivity index is 2.07. The van der Waals surface area contributed by atoms with Gasteiger partial charge in [-0.15, -0.1) is 0 Å². The molecule has 0 radical (unpaired) electrons. The van der Waals surface area contributed by atoms with Crippen molar-refractivity contribution < 1.29 is 19.4 Å². The number of hydrogen-bond acceptors (Lipinski definition) is 3. The third kappa shape index (κ3) is 5.93. The maximum atomic E-state index is 11.7. The molecule has 138 valence electrons. The van der Waals surface area contributed by atoms with Crippen molar-refractivity contribution in [3.63, 3.8) is 0 Å². The Hall–Kier alpha value is -2.24. The van der Waals surface area contributed by atoms with E-state index in [-0.39, 0.29) is 28.1 Å². The molecule has 0 fully saturated rings. The lowest BCUT2D eigenvalue weighted by Crippen LogP contribution is -2.10. The first kappa shape index (κ1) is 20.1. The van der Waals surface area contributed by atoms with Crippen LogP contribution in [0.3, 0.4) is 0 Å².